The van der Waals surface area contributed by atoms with E-state index in [0.717, 1.165) is 22.4 Å². The zero-order chi connectivity index (χ0) is 17.6. The molecule has 0 fully saturated rings. The van der Waals surface area contributed by atoms with Gasteiger partial charge in [0.25, 0.3) is 5.56 Å². The van der Waals surface area contributed by atoms with Gasteiger partial charge in [0.2, 0.25) is 0 Å². The minimum atomic E-state index is -0.184. The van der Waals surface area contributed by atoms with Crippen molar-refractivity contribution in [2.45, 2.75) is 6.92 Å². The van der Waals surface area contributed by atoms with Crippen molar-refractivity contribution < 1.29 is 0 Å². The van der Waals surface area contributed by atoms with Gasteiger partial charge >= 0.3 is 0 Å². The van der Waals surface area contributed by atoms with Crippen LogP contribution in [0.25, 0.3) is 28.0 Å². The van der Waals surface area contributed by atoms with Gasteiger partial charge in [-0.25, -0.2) is 9.50 Å². The second kappa shape index (κ2) is 6.06. The Kier molecular flexibility index (Phi) is 3.86. The number of benzene rings is 2. The van der Waals surface area contributed by atoms with E-state index in [4.69, 9.17) is 28.2 Å². The van der Waals surface area contributed by atoms with E-state index in [9.17, 15) is 4.79 Å². The van der Waals surface area contributed by atoms with Gasteiger partial charge in [0, 0.05) is 22.9 Å². The number of hydrogen-bond donors (Lipinski definition) is 1. The molecule has 25 heavy (non-hydrogen) atoms. The van der Waals surface area contributed by atoms with Gasteiger partial charge in [0.05, 0.1) is 15.7 Å². The Balaban J connectivity index is 2.00. The molecule has 0 bridgehead atoms. The van der Waals surface area contributed by atoms with Crippen molar-refractivity contribution in [3.8, 4) is 22.4 Å². The zero-order valence-corrected chi connectivity index (χ0v) is 14.8. The molecule has 0 saturated heterocycles. The first-order chi connectivity index (χ1) is 12.0. The van der Waals surface area contributed by atoms with Crippen molar-refractivity contribution in [1.82, 2.24) is 14.6 Å². The smallest absolute Gasteiger partial charge is 0.273 e. The molecule has 1 N–H and O–H groups in total. The Morgan fingerprint density at radius 2 is 1.72 bits per heavy atom. The van der Waals surface area contributed by atoms with E-state index in [-0.39, 0.29) is 5.56 Å². The van der Waals surface area contributed by atoms with E-state index in [1.807, 2.05) is 37.3 Å². The second-order valence-corrected chi connectivity index (χ2v) is 6.56. The van der Waals surface area contributed by atoms with E-state index >= 15 is 0 Å². The molecule has 0 spiro atoms. The van der Waals surface area contributed by atoms with Gasteiger partial charge in [0.1, 0.15) is 0 Å². The number of halogens is 2. The summed E-state index contributed by atoms with van der Waals surface area (Å²) < 4.78 is 1.46. The van der Waals surface area contributed by atoms with Crippen LogP contribution in [0.3, 0.4) is 0 Å². The number of nitrogens with zero attached hydrogens (tertiary/aromatic N) is 2. The Hall–Kier alpha value is -2.56. The number of rotatable bonds is 2. The van der Waals surface area contributed by atoms with Crippen LogP contribution in [0.4, 0.5) is 0 Å². The van der Waals surface area contributed by atoms with Crippen LogP contribution in [0, 0.1) is 6.92 Å². The zero-order valence-electron chi connectivity index (χ0n) is 13.3. The van der Waals surface area contributed by atoms with E-state index in [1.54, 1.807) is 18.2 Å². The summed E-state index contributed by atoms with van der Waals surface area (Å²) in [5.74, 6) is 0. The van der Waals surface area contributed by atoms with E-state index in [0.29, 0.717) is 21.4 Å². The lowest BCUT2D eigenvalue weighted by Crippen LogP contribution is -2.14. The van der Waals surface area contributed by atoms with Gasteiger partial charge < -0.3 is 0 Å². The predicted octanol–water partition coefficient (Wildman–Crippen LogP) is 4.97. The number of nitrogens with one attached hydrogen (secondary N) is 1. The van der Waals surface area contributed by atoms with Gasteiger partial charge in [-0.2, -0.15) is 0 Å². The standard InChI is InChI=1S/C19H13Cl2N3O/c1-11-18(12-5-3-2-4-6-12)19-22-16(10-17(25)24(19)23-11)13-7-8-14(20)15(21)9-13/h2-10,23H,1H3. The molecular formula is C19H13Cl2N3O. The average molecular weight is 370 g/mol. The van der Waals surface area contributed by atoms with E-state index < -0.39 is 0 Å². The highest BCUT2D eigenvalue weighted by atomic mass is 35.5. The molecule has 0 aliphatic carbocycles. The number of aromatic nitrogens is 3. The Morgan fingerprint density at radius 3 is 2.44 bits per heavy atom. The van der Waals surface area contributed by atoms with Crippen LogP contribution in [0.2, 0.25) is 10.0 Å². The van der Waals surface area contributed by atoms with Crippen LogP contribution >= 0.6 is 23.2 Å². The van der Waals surface area contributed by atoms with Crippen molar-refractivity contribution in [2.75, 3.05) is 0 Å². The topological polar surface area (TPSA) is 50.2 Å². The molecular weight excluding hydrogens is 357 g/mol. The summed E-state index contributed by atoms with van der Waals surface area (Å²) in [6.07, 6.45) is 0. The monoisotopic (exact) mass is 369 g/mol. The normalized spacial score (nSPS) is 11.2. The molecule has 4 aromatic rings. The minimum absolute atomic E-state index is 0.184. The molecule has 0 atom stereocenters. The number of hydrogen-bond acceptors (Lipinski definition) is 2. The Labute approximate surface area is 153 Å². The third kappa shape index (κ3) is 2.73. The molecule has 4 nitrogen and oxygen atoms in total. The van der Waals surface area contributed by atoms with E-state index in [2.05, 4.69) is 5.10 Å². The molecule has 0 amide bonds. The minimum Gasteiger partial charge on any atom is -0.293 e. The fraction of sp³-hybridized carbons (Fsp3) is 0.0526. The fourth-order valence-corrected chi connectivity index (χ4v) is 3.20. The lowest BCUT2D eigenvalue weighted by Gasteiger charge is -2.05. The molecule has 2 aromatic heterocycles. The lowest BCUT2D eigenvalue weighted by molar-refractivity contribution is 0.882. The molecule has 4 rings (SSSR count). The second-order valence-electron chi connectivity index (χ2n) is 5.75. The summed E-state index contributed by atoms with van der Waals surface area (Å²) >= 11 is 12.1. The van der Waals surface area contributed by atoms with Crippen molar-refractivity contribution in [3.05, 3.63) is 80.7 Å². The number of H-pyrrole nitrogens is 1. The third-order valence-corrected chi connectivity index (χ3v) is 4.81. The average Bonchev–Trinajstić information content (AvgIpc) is 2.95. The number of aromatic amines is 1. The van der Waals surface area contributed by atoms with Crippen LogP contribution in [0.15, 0.2) is 59.4 Å². The quantitative estimate of drug-likeness (QED) is 0.542. The summed E-state index contributed by atoms with van der Waals surface area (Å²) in [5.41, 5.74) is 4.47. The molecule has 0 unspecified atom stereocenters. The number of fused-ring (bicyclic) bond motifs is 1. The van der Waals surface area contributed by atoms with Gasteiger partial charge in [-0.05, 0) is 24.6 Å². The first-order valence-electron chi connectivity index (χ1n) is 7.68. The maximum absolute atomic E-state index is 12.6. The Bertz CT molecular complexity index is 1150. The third-order valence-electron chi connectivity index (χ3n) is 4.07. The first kappa shape index (κ1) is 15.9. The maximum Gasteiger partial charge on any atom is 0.273 e. The first-order valence-corrected chi connectivity index (χ1v) is 8.43. The molecule has 0 saturated carbocycles. The Morgan fingerprint density at radius 1 is 0.960 bits per heavy atom. The molecule has 2 aromatic carbocycles. The highest BCUT2D eigenvalue weighted by molar-refractivity contribution is 6.42. The summed E-state index contributed by atoms with van der Waals surface area (Å²) in [6.45, 7) is 1.93. The van der Waals surface area contributed by atoms with Gasteiger partial charge in [-0.3, -0.25) is 9.89 Å². The summed E-state index contributed by atoms with van der Waals surface area (Å²) in [6, 6.07) is 16.5. The fourth-order valence-electron chi connectivity index (χ4n) is 2.90. The molecule has 6 heteroatoms. The van der Waals surface area contributed by atoms with Gasteiger partial charge in [0.15, 0.2) is 5.65 Å². The molecule has 0 radical (unpaired) electrons. The highest BCUT2D eigenvalue weighted by Gasteiger charge is 2.15. The summed E-state index contributed by atoms with van der Waals surface area (Å²) in [4.78, 5) is 17.3. The highest BCUT2D eigenvalue weighted by Crippen LogP contribution is 2.30. The number of aryl methyl sites for hydroxylation is 1. The van der Waals surface area contributed by atoms with Crippen LogP contribution < -0.4 is 5.56 Å². The van der Waals surface area contributed by atoms with Crippen molar-refractivity contribution in [1.29, 1.82) is 0 Å². The lowest BCUT2D eigenvalue weighted by atomic mass is 10.1. The van der Waals surface area contributed by atoms with Crippen molar-refractivity contribution >= 4 is 28.8 Å². The maximum atomic E-state index is 12.6. The SMILES string of the molecule is Cc1[nH]n2c(=O)cc(-c3ccc(Cl)c(Cl)c3)nc2c1-c1ccccc1. The van der Waals surface area contributed by atoms with Crippen molar-refractivity contribution in [2.24, 2.45) is 0 Å². The van der Waals surface area contributed by atoms with E-state index in [1.165, 1.54) is 10.6 Å². The van der Waals surface area contributed by atoms with Gasteiger partial charge in [-0.1, -0.05) is 59.6 Å². The predicted molar refractivity (Wildman–Crippen MR) is 101 cm³/mol. The molecule has 124 valence electrons. The molecule has 0 aliphatic rings. The molecule has 0 aliphatic heterocycles. The van der Waals surface area contributed by atoms with Gasteiger partial charge in [-0.15, -0.1) is 0 Å². The van der Waals surface area contributed by atoms with Crippen LogP contribution in [0.1, 0.15) is 5.69 Å². The summed E-state index contributed by atoms with van der Waals surface area (Å²) in [5, 5.41) is 3.98. The van der Waals surface area contributed by atoms with Crippen molar-refractivity contribution in [3.63, 3.8) is 0 Å². The summed E-state index contributed by atoms with van der Waals surface area (Å²) in [7, 11) is 0. The van der Waals surface area contributed by atoms with Crippen LogP contribution in [-0.2, 0) is 0 Å². The molecule has 2 heterocycles. The largest absolute Gasteiger partial charge is 0.293 e. The van der Waals surface area contributed by atoms with Crippen LogP contribution in [-0.4, -0.2) is 14.6 Å². The van der Waals surface area contributed by atoms with Crippen LogP contribution in [0.5, 0.6) is 0 Å².